The first-order valence-corrected chi connectivity index (χ1v) is 11.6. The summed E-state index contributed by atoms with van der Waals surface area (Å²) in [7, 11) is -2.68. The van der Waals surface area contributed by atoms with Crippen molar-refractivity contribution in [1.29, 1.82) is 0 Å². The molecule has 0 aromatic heterocycles. The highest BCUT2D eigenvalue weighted by Crippen LogP contribution is 2.33. The molecular weight excluding hydrogens is 436 g/mol. The maximum absolute atomic E-state index is 12.9. The predicted molar refractivity (Wildman–Crippen MR) is 119 cm³/mol. The topological polar surface area (TPSA) is 119 Å². The van der Waals surface area contributed by atoms with Gasteiger partial charge in [0.05, 0.1) is 18.5 Å². The lowest BCUT2D eigenvalue weighted by Gasteiger charge is -2.28. The minimum Gasteiger partial charge on any atom is -0.495 e. The standard InChI is InChI=1S/C22H24N2O7S/c1-4-24-17-11-15(9-10-19(17)31-12-21(24)26)22(27)14(2)32(28,29)13-20(25)23-16-7-5-6-8-18(16)30-3/h5-11,14H,4,12-13H2,1-3H3,(H,23,25). The second-order valence-electron chi connectivity index (χ2n) is 7.17. The minimum atomic E-state index is -4.11. The number of Topliss-reactive ketones (excluding diaryl/α,β-unsaturated/α-hetero) is 1. The largest absolute Gasteiger partial charge is 0.495 e. The van der Waals surface area contributed by atoms with Crippen LogP contribution >= 0.6 is 0 Å². The first-order chi connectivity index (χ1) is 15.2. The van der Waals surface area contributed by atoms with Crippen molar-refractivity contribution in [3.05, 3.63) is 48.0 Å². The maximum atomic E-state index is 12.9. The van der Waals surface area contributed by atoms with E-state index in [9.17, 15) is 22.8 Å². The number of methoxy groups -OCH3 is 1. The molecule has 1 atom stereocenters. The molecule has 0 bridgehead atoms. The van der Waals surface area contributed by atoms with Crippen molar-refractivity contribution >= 4 is 38.8 Å². The molecule has 1 aliphatic heterocycles. The summed E-state index contributed by atoms with van der Waals surface area (Å²) >= 11 is 0. The molecule has 0 aliphatic carbocycles. The third-order valence-corrected chi connectivity index (χ3v) is 7.08. The van der Waals surface area contributed by atoms with E-state index < -0.39 is 32.5 Å². The number of nitrogens with zero attached hydrogens (tertiary/aromatic N) is 1. The molecule has 0 fully saturated rings. The number of rotatable bonds is 8. The summed E-state index contributed by atoms with van der Waals surface area (Å²) in [6.07, 6.45) is 0. The molecular formula is C22H24N2O7S. The van der Waals surface area contributed by atoms with Crippen LogP contribution in [0.3, 0.4) is 0 Å². The van der Waals surface area contributed by atoms with Crippen molar-refractivity contribution in [3.63, 3.8) is 0 Å². The molecule has 0 radical (unpaired) electrons. The van der Waals surface area contributed by atoms with Gasteiger partial charge in [0.15, 0.2) is 22.2 Å². The van der Waals surface area contributed by atoms with Crippen LogP contribution in [0.15, 0.2) is 42.5 Å². The van der Waals surface area contributed by atoms with E-state index in [1.165, 1.54) is 37.1 Å². The number of hydrogen-bond donors (Lipinski definition) is 1. The Bertz CT molecular complexity index is 1160. The number of ether oxygens (including phenoxy) is 2. The maximum Gasteiger partial charge on any atom is 0.265 e. The van der Waals surface area contributed by atoms with Crippen LogP contribution in [0.1, 0.15) is 24.2 Å². The smallest absolute Gasteiger partial charge is 0.265 e. The summed E-state index contributed by atoms with van der Waals surface area (Å²) in [5, 5.41) is 1.04. The van der Waals surface area contributed by atoms with Crippen LogP contribution < -0.4 is 19.7 Å². The second kappa shape index (κ2) is 9.39. The number of sulfone groups is 1. The molecule has 1 N–H and O–H groups in total. The summed E-state index contributed by atoms with van der Waals surface area (Å²) in [5.74, 6) is -1.75. The molecule has 1 aliphatic rings. The lowest BCUT2D eigenvalue weighted by atomic mass is 10.1. The number of ketones is 1. The Morgan fingerprint density at radius 3 is 2.62 bits per heavy atom. The third-order valence-electron chi connectivity index (χ3n) is 5.12. The van der Waals surface area contributed by atoms with Crippen molar-refractivity contribution < 1.29 is 32.3 Å². The lowest BCUT2D eigenvalue weighted by molar-refractivity contribution is -0.121. The Labute approximate surface area is 186 Å². The number of para-hydroxylation sites is 2. The van der Waals surface area contributed by atoms with Crippen molar-refractivity contribution in [2.45, 2.75) is 19.1 Å². The fourth-order valence-corrected chi connectivity index (χ4v) is 4.49. The van der Waals surface area contributed by atoms with Gasteiger partial charge in [-0.3, -0.25) is 14.4 Å². The van der Waals surface area contributed by atoms with Crippen molar-refractivity contribution in [1.82, 2.24) is 0 Å². The monoisotopic (exact) mass is 460 g/mol. The van der Waals surface area contributed by atoms with Crippen LogP contribution in [0.2, 0.25) is 0 Å². The first kappa shape index (κ1) is 23.3. The molecule has 32 heavy (non-hydrogen) atoms. The zero-order valence-corrected chi connectivity index (χ0v) is 18.8. The van der Waals surface area contributed by atoms with Gasteiger partial charge in [0, 0.05) is 12.1 Å². The van der Waals surface area contributed by atoms with Crippen LogP contribution in [0.5, 0.6) is 11.5 Å². The molecule has 3 rings (SSSR count). The van der Waals surface area contributed by atoms with Crippen LogP contribution in [-0.4, -0.2) is 57.3 Å². The van der Waals surface area contributed by atoms with Gasteiger partial charge < -0.3 is 19.7 Å². The molecule has 2 aromatic rings. The van der Waals surface area contributed by atoms with Gasteiger partial charge in [0.2, 0.25) is 5.91 Å². The van der Waals surface area contributed by atoms with E-state index in [0.717, 1.165) is 0 Å². The Balaban J connectivity index is 1.77. The number of amides is 2. The number of anilines is 2. The summed E-state index contributed by atoms with van der Waals surface area (Å²) in [6.45, 7) is 3.31. The zero-order chi connectivity index (χ0) is 23.5. The van der Waals surface area contributed by atoms with Crippen LogP contribution in [0.4, 0.5) is 11.4 Å². The summed E-state index contributed by atoms with van der Waals surface area (Å²) in [5.41, 5.74) is 0.850. The van der Waals surface area contributed by atoms with Gasteiger partial charge in [0.25, 0.3) is 5.91 Å². The van der Waals surface area contributed by atoms with Crippen molar-refractivity contribution in [3.8, 4) is 11.5 Å². The van der Waals surface area contributed by atoms with Gasteiger partial charge in [-0.15, -0.1) is 0 Å². The fraction of sp³-hybridized carbons (Fsp3) is 0.318. The molecule has 1 unspecified atom stereocenters. The molecule has 9 nitrogen and oxygen atoms in total. The first-order valence-electron chi connectivity index (χ1n) is 9.93. The Hall–Kier alpha value is -3.40. The van der Waals surface area contributed by atoms with Gasteiger partial charge in [-0.05, 0) is 44.2 Å². The predicted octanol–water partition coefficient (Wildman–Crippen LogP) is 2.07. The quantitative estimate of drug-likeness (QED) is 0.599. The second-order valence-corrected chi connectivity index (χ2v) is 9.49. The average molecular weight is 461 g/mol. The van der Waals surface area contributed by atoms with Crippen molar-refractivity contribution in [2.75, 3.05) is 36.2 Å². The van der Waals surface area contributed by atoms with Gasteiger partial charge in [0.1, 0.15) is 22.5 Å². The number of likely N-dealkylation sites (N-methyl/N-ethyl adjacent to an activating group) is 1. The SMILES string of the molecule is CCN1C(=O)COc2ccc(C(=O)C(C)S(=O)(=O)CC(=O)Nc3ccccc3OC)cc21. The van der Waals surface area contributed by atoms with E-state index in [1.54, 1.807) is 31.2 Å². The molecule has 170 valence electrons. The molecule has 10 heteroatoms. The van der Waals surface area contributed by atoms with E-state index in [4.69, 9.17) is 9.47 Å². The molecule has 2 amide bonds. The van der Waals surface area contributed by atoms with Crippen LogP contribution in [-0.2, 0) is 19.4 Å². The normalized spacial score (nSPS) is 14.2. The highest BCUT2D eigenvalue weighted by atomic mass is 32.2. The highest BCUT2D eigenvalue weighted by molar-refractivity contribution is 7.93. The van der Waals surface area contributed by atoms with Crippen LogP contribution in [0.25, 0.3) is 0 Å². The number of hydrogen-bond acceptors (Lipinski definition) is 7. The van der Waals surface area contributed by atoms with E-state index in [1.807, 2.05) is 0 Å². The van der Waals surface area contributed by atoms with Crippen molar-refractivity contribution in [2.24, 2.45) is 0 Å². The van der Waals surface area contributed by atoms with Gasteiger partial charge in [-0.25, -0.2) is 8.42 Å². The van der Waals surface area contributed by atoms with Gasteiger partial charge in [-0.2, -0.15) is 0 Å². The minimum absolute atomic E-state index is 0.0970. The molecule has 0 saturated heterocycles. The summed E-state index contributed by atoms with van der Waals surface area (Å²) in [4.78, 5) is 38.8. The molecule has 0 saturated carbocycles. The van der Waals surface area contributed by atoms with E-state index in [2.05, 4.69) is 5.32 Å². The Morgan fingerprint density at radius 1 is 1.22 bits per heavy atom. The zero-order valence-electron chi connectivity index (χ0n) is 18.0. The van der Waals surface area contributed by atoms with E-state index >= 15 is 0 Å². The number of carbonyl (C=O) groups excluding carboxylic acids is 3. The third kappa shape index (κ3) is 4.75. The van der Waals surface area contributed by atoms with Gasteiger partial charge >= 0.3 is 0 Å². The number of fused-ring (bicyclic) bond motifs is 1. The number of nitrogens with one attached hydrogen (secondary N) is 1. The molecule has 2 aromatic carbocycles. The van der Waals surface area contributed by atoms with E-state index in [0.29, 0.717) is 29.4 Å². The summed E-state index contributed by atoms with van der Waals surface area (Å²) < 4.78 is 36.0. The highest BCUT2D eigenvalue weighted by Gasteiger charge is 2.33. The lowest BCUT2D eigenvalue weighted by Crippen LogP contribution is -2.39. The average Bonchev–Trinajstić information content (AvgIpc) is 2.77. The number of benzene rings is 2. The Kier molecular flexibility index (Phi) is 6.83. The summed E-state index contributed by atoms with van der Waals surface area (Å²) in [6, 6.07) is 11.0. The number of carbonyl (C=O) groups is 3. The molecule has 1 heterocycles. The van der Waals surface area contributed by atoms with Crippen LogP contribution in [0, 0.1) is 0 Å². The fourth-order valence-electron chi connectivity index (χ4n) is 3.34. The van der Waals surface area contributed by atoms with Gasteiger partial charge in [-0.1, -0.05) is 12.1 Å². The Morgan fingerprint density at radius 2 is 1.94 bits per heavy atom. The molecule has 0 spiro atoms. The van der Waals surface area contributed by atoms with E-state index in [-0.39, 0.29) is 18.1 Å².